The van der Waals surface area contributed by atoms with Crippen LogP contribution in [0.5, 0.6) is 5.75 Å². The summed E-state index contributed by atoms with van der Waals surface area (Å²) in [7, 11) is 0. The highest BCUT2D eigenvalue weighted by molar-refractivity contribution is 5.93. The summed E-state index contributed by atoms with van der Waals surface area (Å²) in [6, 6.07) is 5.33. The molecule has 0 bridgehead atoms. The van der Waals surface area contributed by atoms with Crippen LogP contribution in [0.3, 0.4) is 0 Å². The lowest BCUT2D eigenvalue weighted by molar-refractivity contribution is 0.0692. The number of carboxylic acids is 1. The van der Waals surface area contributed by atoms with E-state index in [0.717, 1.165) is 18.8 Å². The molecule has 1 aliphatic heterocycles. The molecular weight excluding hydrogens is 242 g/mol. The van der Waals surface area contributed by atoms with Crippen molar-refractivity contribution < 1.29 is 14.6 Å². The van der Waals surface area contributed by atoms with Gasteiger partial charge in [-0.25, -0.2) is 4.79 Å². The van der Waals surface area contributed by atoms with Crippen molar-refractivity contribution in [1.82, 2.24) is 0 Å². The highest BCUT2D eigenvalue weighted by atomic mass is 16.5. The van der Waals surface area contributed by atoms with Gasteiger partial charge >= 0.3 is 5.97 Å². The van der Waals surface area contributed by atoms with Crippen LogP contribution in [0.4, 0.5) is 5.69 Å². The van der Waals surface area contributed by atoms with Gasteiger partial charge in [-0.1, -0.05) is 26.3 Å². The predicted molar refractivity (Wildman–Crippen MR) is 75.2 cm³/mol. The van der Waals surface area contributed by atoms with Crippen LogP contribution in [0.15, 0.2) is 18.2 Å². The van der Waals surface area contributed by atoms with Crippen molar-refractivity contribution in [2.45, 2.75) is 26.7 Å². The number of carbonyl (C=O) groups is 1. The van der Waals surface area contributed by atoms with Crippen LogP contribution >= 0.6 is 0 Å². The van der Waals surface area contributed by atoms with Gasteiger partial charge in [-0.15, -0.1) is 0 Å². The third-order valence-electron chi connectivity index (χ3n) is 3.49. The number of fused-ring (bicyclic) bond motifs is 1. The Morgan fingerprint density at radius 2 is 2.32 bits per heavy atom. The van der Waals surface area contributed by atoms with Crippen LogP contribution in [0.2, 0.25) is 0 Å². The maximum absolute atomic E-state index is 11.2. The van der Waals surface area contributed by atoms with Crippen LogP contribution in [0.1, 0.15) is 37.0 Å². The van der Waals surface area contributed by atoms with Crippen molar-refractivity contribution >= 4 is 11.7 Å². The van der Waals surface area contributed by atoms with Gasteiger partial charge in [0, 0.05) is 6.54 Å². The molecule has 0 saturated heterocycles. The zero-order valence-corrected chi connectivity index (χ0v) is 11.6. The van der Waals surface area contributed by atoms with E-state index in [2.05, 4.69) is 18.7 Å². The molecule has 1 aromatic rings. The molecule has 0 aromatic heterocycles. The summed E-state index contributed by atoms with van der Waals surface area (Å²) in [6.07, 6.45) is 2.36. The minimum absolute atomic E-state index is 0.255. The molecule has 4 nitrogen and oxygen atoms in total. The summed E-state index contributed by atoms with van der Waals surface area (Å²) < 4.78 is 5.57. The normalized spacial score (nSPS) is 15.6. The van der Waals surface area contributed by atoms with Gasteiger partial charge in [0.2, 0.25) is 0 Å². The van der Waals surface area contributed by atoms with Crippen LogP contribution in [0, 0.1) is 5.92 Å². The van der Waals surface area contributed by atoms with Crippen LogP contribution in [-0.2, 0) is 0 Å². The average molecular weight is 263 g/mol. The molecule has 1 unspecified atom stereocenters. The Kier molecular flexibility index (Phi) is 4.30. The zero-order valence-electron chi connectivity index (χ0n) is 11.6. The fourth-order valence-corrected chi connectivity index (χ4v) is 2.62. The highest BCUT2D eigenvalue weighted by Gasteiger charge is 2.24. The second kappa shape index (κ2) is 5.95. The number of anilines is 1. The van der Waals surface area contributed by atoms with Gasteiger partial charge in [0.05, 0.1) is 12.2 Å². The summed E-state index contributed by atoms with van der Waals surface area (Å²) in [5.74, 6) is 0.190. The first-order valence-electron chi connectivity index (χ1n) is 6.87. The monoisotopic (exact) mass is 263 g/mol. The maximum Gasteiger partial charge on any atom is 0.339 e. The van der Waals surface area contributed by atoms with E-state index in [0.29, 0.717) is 18.3 Å². The number of para-hydroxylation sites is 1. The topological polar surface area (TPSA) is 49.8 Å². The first-order chi connectivity index (χ1) is 9.13. The number of rotatable bonds is 5. The van der Waals surface area contributed by atoms with E-state index in [1.54, 1.807) is 12.1 Å². The molecule has 1 N–H and O–H groups in total. The third-order valence-corrected chi connectivity index (χ3v) is 3.49. The molecule has 0 radical (unpaired) electrons. The number of carboxylic acid groups (broad SMARTS) is 1. The largest absolute Gasteiger partial charge is 0.489 e. The van der Waals surface area contributed by atoms with E-state index < -0.39 is 5.97 Å². The number of hydrogen-bond acceptors (Lipinski definition) is 3. The van der Waals surface area contributed by atoms with Gasteiger partial charge in [0.25, 0.3) is 0 Å². The average Bonchev–Trinajstić information content (AvgIpc) is 2.38. The molecule has 0 saturated carbocycles. The summed E-state index contributed by atoms with van der Waals surface area (Å²) in [5, 5.41) is 9.19. The molecule has 1 aliphatic rings. The van der Waals surface area contributed by atoms with Gasteiger partial charge in [-0.3, -0.25) is 0 Å². The number of hydrogen-bond donors (Lipinski definition) is 1. The van der Waals surface area contributed by atoms with E-state index in [1.165, 1.54) is 12.8 Å². The fourth-order valence-electron chi connectivity index (χ4n) is 2.62. The number of nitrogens with zero attached hydrogens (tertiary/aromatic N) is 1. The van der Waals surface area contributed by atoms with E-state index in [1.807, 2.05) is 6.07 Å². The summed E-state index contributed by atoms with van der Waals surface area (Å²) in [6.45, 7) is 6.75. The Bertz CT molecular complexity index is 459. The molecule has 0 amide bonds. The minimum Gasteiger partial charge on any atom is -0.489 e. The van der Waals surface area contributed by atoms with Crippen molar-refractivity contribution in [3.8, 4) is 5.75 Å². The minimum atomic E-state index is -0.930. The molecule has 0 spiro atoms. The van der Waals surface area contributed by atoms with Gasteiger partial charge in [-0.05, 0) is 24.5 Å². The Morgan fingerprint density at radius 1 is 1.53 bits per heavy atom. The van der Waals surface area contributed by atoms with E-state index >= 15 is 0 Å². The molecule has 19 heavy (non-hydrogen) atoms. The molecule has 1 atom stereocenters. The van der Waals surface area contributed by atoms with Gasteiger partial charge in [0.1, 0.15) is 12.2 Å². The molecule has 1 aromatic carbocycles. The molecule has 0 aliphatic carbocycles. The second-order valence-electron chi connectivity index (χ2n) is 5.15. The molecule has 1 heterocycles. The Labute approximate surface area is 114 Å². The van der Waals surface area contributed by atoms with Crippen molar-refractivity contribution in [2.24, 2.45) is 5.92 Å². The SMILES string of the molecule is CCCC(C)CN1CCOc2c(C(=O)O)cccc21. The maximum atomic E-state index is 11.2. The lowest BCUT2D eigenvalue weighted by atomic mass is 10.0. The first-order valence-corrected chi connectivity index (χ1v) is 6.87. The Morgan fingerprint density at radius 3 is 3.00 bits per heavy atom. The quantitative estimate of drug-likeness (QED) is 0.887. The lowest BCUT2D eigenvalue weighted by Gasteiger charge is -2.33. The smallest absolute Gasteiger partial charge is 0.339 e. The van der Waals surface area contributed by atoms with Gasteiger partial charge < -0.3 is 14.7 Å². The van der Waals surface area contributed by atoms with E-state index in [9.17, 15) is 9.90 Å². The van der Waals surface area contributed by atoms with Crippen molar-refractivity contribution in [1.29, 1.82) is 0 Å². The van der Waals surface area contributed by atoms with E-state index in [-0.39, 0.29) is 5.56 Å². The predicted octanol–water partition coefficient (Wildman–Crippen LogP) is 3.02. The lowest BCUT2D eigenvalue weighted by Crippen LogP contribution is -2.36. The number of benzene rings is 1. The summed E-state index contributed by atoms with van der Waals surface area (Å²) in [5.41, 5.74) is 1.17. The molecule has 2 rings (SSSR count). The van der Waals surface area contributed by atoms with Crippen molar-refractivity contribution in [2.75, 3.05) is 24.6 Å². The van der Waals surface area contributed by atoms with Crippen LogP contribution < -0.4 is 9.64 Å². The standard InChI is InChI=1S/C15H21NO3/c1-3-5-11(2)10-16-8-9-19-14-12(15(17)18)6-4-7-13(14)16/h4,6-7,11H,3,5,8-10H2,1-2H3,(H,17,18). The third kappa shape index (κ3) is 3.00. The molecule has 104 valence electrons. The Balaban J connectivity index is 2.24. The Hall–Kier alpha value is -1.71. The zero-order chi connectivity index (χ0) is 13.8. The highest BCUT2D eigenvalue weighted by Crippen LogP contribution is 2.35. The fraction of sp³-hybridized carbons (Fsp3) is 0.533. The number of aromatic carboxylic acids is 1. The number of ether oxygens (including phenoxy) is 1. The van der Waals surface area contributed by atoms with E-state index in [4.69, 9.17) is 4.74 Å². The van der Waals surface area contributed by atoms with Crippen molar-refractivity contribution in [3.63, 3.8) is 0 Å². The molecule has 4 heteroatoms. The molecular formula is C15H21NO3. The summed E-state index contributed by atoms with van der Waals surface area (Å²) >= 11 is 0. The van der Waals surface area contributed by atoms with Crippen molar-refractivity contribution in [3.05, 3.63) is 23.8 Å². The second-order valence-corrected chi connectivity index (χ2v) is 5.15. The summed E-state index contributed by atoms with van der Waals surface area (Å²) in [4.78, 5) is 13.4. The van der Waals surface area contributed by atoms with Gasteiger partial charge in [-0.2, -0.15) is 0 Å². The van der Waals surface area contributed by atoms with Crippen LogP contribution in [0.25, 0.3) is 0 Å². The first kappa shape index (κ1) is 13.7. The van der Waals surface area contributed by atoms with Crippen LogP contribution in [-0.4, -0.2) is 30.8 Å². The van der Waals surface area contributed by atoms with Gasteiger partial charge in [0.15, 0.2) is 5.75 Å². The molecule has 0 fully saturated rings.